The zero-order valence-electron chi connectivity index (χ0n) is 10.2. The summed E-state index contributed by atoms with van der Waals surface area (Å²) in [5, 5.41) is 15.3. The van der Waals surface area contributed by atoms with Gasteiger partial charge in [0, 0.05) is 18.7 Å². The van der Waals surface area contributed by atoms with E-state index in [4.69, 9.17) is 9.63 Å². The number of halogens is 1. The lowest BCUT2D eigenvalue weighted by Gasteiger charge is -2.05. The van der Waals surface area contributed by atoms with Crippen LogP contribution in [0.3, 0.4) is 0 Å². The molecule has 0 aliphatic carbocycles. The van der Waals surface area contributed by atoms with Crippen LogP contribution in [0.1, 0.15) is 22.1 Å². The van der Waals surface area contributed by atoms with Gasteiger partial charge in [-0.15, -0.1) is 0 Å². The van der Waals surface area contributed by atoms with Crippen molar-refractivity contribution in [3.63, 3.8) is 0 Å². The summed E-state index contributed by atoms with van der Waals surface area (Å²) in [5.74, 6) is -1.00. The number of hydrogen-bond donors (Lipinski definition) is 2. The summed E-state index contributed by atoms with van der Waals surface area (Å²) in [6, 6.07) is 3.87. The first kappa shape index (κ1) is 13.0. The minimum atomic E-state index is -1.29. The molecule has 7 heteroatoms. The van der Waals surface area contributed by atoms with Crippen LogP contribution in [-0.2, 0) is 6.42 Å². The van der Waals surface area contributed by atoms with Crippen LogP contribution in [0.4, 0.5) is 10.1 Å². The Hall–Kier alpha value is -2.44. The Bertz CT molecular complexity index is 598. The lowest BCUT2D eigenvalue weighted by atomic mass is 10.2. The third-order valence-corrected chi connectivity index (χ3v) is 2.44. The van der Waals surface area contributed by atoms with Gasteiger partial charge in [-0.1, -0.05) is 5.16 Å². The van der Waals surface area contributed by atoms with Crippen molar-refractivity contribution in [2.24, 2.45) is 0 Å². The molecule has 1 heterocycles. The fourth-order valence-electron chi connectivity index (χ4n) is 1.55. The molecule has 100 valence electrons. The van der Waals surface area contributed by atoms with Gasteiger partial charge in [0.05, 0.1) is 5.56 Å². The number of aromatic nitrogens is 2. The number of anilines is 1. The van der Waals surface area contributed by atoms with Gasteiger partial charge < -0.3 is 14.9 Å². The van der Waals surface area contributed by atoms with Gasteiger partial charge in [-0.25, -0.2) is 9.18 Å². The normalized spacial score (nSPS) is 10.4. The molecule has 2 N–H and O–H groups in total. The van der Waals surface area contributed by atoms with Crippen molar-refractivity contribution in [3.8, 4) is 0 Å². The quantitative estimate of drug-likeness (QED) is 0.858. The number of benzene rings is 1. The number of carboxylic acids is 1. The highest BCUT2D eigenvalue weighted by atomic mass is 19.1. The van der Waals surface area contributed by atoms with Crippen molar-refractivity contribution in [1.82, 2.24) is 10.1 Å². The van der Waals surface area contributed by atoms with E-state index in [0.29, 0.717) is 30.4 Å². The van der Waals surface area contributed by atoms with Crippen molar-refractivity contribution in [2.75, 3.05) is 11.9 Å². The van der Waals surface area contributed by atoms with Crippen LogP contribution < -0.4 is 5.32 Å². The summed E-state index contributed by atoms with van der Waals surface area (Å²) < 4.78 is 18.3. The first-order chi connectivity index (χ1) is 9.06. The van der Waals surface area contributed by atoms with Crippen LogP contribution in [0.25, 0.3) is 0 Å². The number of carbonyl (C=O) groups is 1. The van der Waals surface area contributed by atoms with E-state index in [9.17, 15) is 9.18 Å². The van der Waals surface area contributed by atoms with Crippen LogP contribution in [0.5, 0.6) is 0 Å². The molecular weight excluding hydrogens is 253 g/mol. The molecule has 6 nitrogen and oxygen atoms in total. The third kappa shape index (κ3) is 3.27. The average molecular weight is 265 g/mol. The Morgan fingerprint density at radius 3 is 2.89 bits per heavy atom. The lowest BCUT2D eigenvalue weighted by molar-refractivity contribution is 0.0692. The summed E-state index contributed by atoms with van der Waals surface area (Å²) >= 11 is 0. The van der Waals surface area contributed by atoms with Gasteiger partial charge in [0.25, 0.3) is 0 Å². The smallest absolute Gasteiger partial charge is 0.338 e. The van der Waals surface area contributed by atoms with Gasteiger partial charge in [-0.2, -0.15) is 4.98 Å². The Morgan fingerprint density at radius 2 is 2.32 bits per heavy atom. The van der Waals surface area contributed by atoms with Gasteiger partial charge >= 0.3 is 5.97 Å². The summed E-state index contributed by atoms with van der Waals surface area (Å²) in [6.07, 6.45) is 0.503. The van der Waals surface area contributed by atoms with Crippen LogP contribution in [-0.4, -0.2) is 27.8 Å². The molecule has 0 saturated heterocycles. The molecule has 0 spiro atoms. The monoisotopic (exact) mass is 265 g/mol. The van der Waals surface area contributed by atoms with Crippen LogP contribution >= 0.6 is 0 Å². The van der Waals surface area contributed by atoms with E-state index in [1.54, 1.807) is 6.92 Å². The molecule has 0 atom stereocenters. The SMILES string of the molecule is Cc1noc(CCNc2ccc(C(=O)O)c(F)c2)n1. The second kappa shape index (κ2) is 5.47. The minimum Gasteiger partial charge on any atom is -0.478 e. The van der Waals surface area contributed by atoms with Crippen molar-refractivity contribution in [2.45, 2.75) is 13.3 Å². The Labute approximate surface area is 108 Å². The number of nitrogens with one attached hydrogen (secondary N) is 1. The van der Waals surface area contributed by atoms with Gasteiger partial charge in [0.15, 0.2) is 5.82 Å². The molecule has 2 rings (SSSR count). The molecule has 0 radical (unpaired) electrons. The Balaban J connectivity index is 1.93. The van der Waals surface area contributed by atoms with E-state index in [0.717, 1.165) is 6.07 Å². The standard InChI is InChI=1S/C12H12FN3O3/c1-7-15-11(19-16-7)4-5-14-8-2-3-9(12(17)18)10(13)6-8/h2-3,6,14H,4-5H2,1H3,(H,17,18). The molecule has 19 heavy (non-hydrogen) atoms. The van der Waals surface area contributed by atoms with Gasteiger partial charge in [0.2, 0.25) is 5.89 Å². The highest BCUT2D eigenvalue weighted by molar-refractivity contribution is 5.88. The molecule has 0 bridgehead atoms. The van der Waals surface area contributed by atoms with E-state index in [1.807, 2.05) is 0 Å². The number of nitrogens with zero attached hydrogens (tertiary/aromatic N) is 2. The lowest BCUT2D eigenvalue weighted by Crippen LogP contribution is -2.07. The molecule has 2 aromatic rings. The number of aromatic carboxylic acids is 1. The third-order valence-electron chi connectivity index (χ3n) is 2.44. The van der Waals surface area contributed by atoms with E-state index in [2.05, 4.69) is 15.5 Å². The highest BCUT2D eigenvalue weighted by Gasteiger charge is 2.10. The van der Waals surface area contributed by atoms with E-state index in [1.165, 1.54) is 12.1 Å². The van der Waals surface area contributed by atoms with Crippen LogP contribution in [0.2, 0.25) is 0 Å². The van der Waals surface area contributed by atoms with Crippen molar-refractivity contribution < 1.29 is 18.8 Å². The topological polar surface area (TPSA) is 88.2 Å². The molecule has 0 aliphatic rings. The predicted octanol–water partition coefficient (Wildman–Crippen LogP) is 1.87. The predicted molar refractivity (Wildman–Crippen MR) is 64.6 cm³/mol. The molecule has 0 unspecified atom stereocenters. The number of carboxylic acid groups (broad SMARTS) is 1. The van der Waals surface area contributed by atoms with Crippen LogP contribution in [0, 0.1) is 12.7 Å². The summed E-state index contributed by atoms with van der Waals surface area (Å²) in [4.78, 5) is 14.7. The maximum absolute atomic E-state index is 13.4. The molecule has 0 fully saturated rings. The minimum absolute atomic E-state index is 0.349. The van der Waals surface area contributed by atoms with Gasteiger partial charge in [0.1, 0.15) is 5.82 Å². The van der Waals surface area contributed by atoms with Gasteiger partial charge in [-0.05, 0) is 25.1 Å². The Kier molecular flexibility index (Phi) is 3.74. The van der Waals surface area contributed by atoms with Crippen molar-refractivity contribution in [3.05, 3.63) is 41.3 Å². The number of aryl methyl sites for hydroxylation is 1. The summed E-state index contributed by atoms with van der Waals surface area (Å²) in [6.45, 7) is 2.20. The fraction of sp³-hybridized carbons (Fsp3) is 0.250. The number of hydrogen-bond acceptors (Lipinski definition) is 5. The zero-order valence-corrected chi connectivity index (χ0v) is 10.2. The van der Waals surface area contributed by atoms with Crippen molar-refractivity contribution in [1.29, 1.82) is 0 Å². The maximum Gasteiger partial charge on any atom is 0.338 e. The van der Waals surface area contributed by atoms with Crippen LogP contribution in [0.15, 0.2) is 22.7 Å². The van der Waals surface area contributed by atoms with Gasteiger partial charge in [-0.3, -0.25) is 0 Å². The summed E-state index contributed by atoms with van der Waals surface area (Å²) in [7, 11) is 0. The van der Waals surface area contributed by atoms with E-state index in [-0.39, 0.29) is 5.56 Å². The molecule has 1 aromatic carbocycles. The average Bonchev–Trinajstić information content (AvgIpc) is 2.75. The molecule has 1 aromatic heterocycles. The van der Waals surface area contributed by atoms with Crippen molar-refractivity contribution >= 4 is 11.7 Å². The second-order valence-corrected chi connectivity index (χ2v) is 3.91. The summed E-state index contributed by atoms with van der Waals surface area (Å²) in [5.41, 5.74) is 0.150. The first-order valence-electron chi connectivity index (χ1n) is 5.62. The zero-order chi connectivity index (χ0) is 13.8. The van der Waals surface area contributed by atoms with E-state index < -0.39 is 11.8 Å². The first-order valence-corrected chi connectivity index (χ1v) is 5.62. The molecule has 0 saturated carbocycles. The Morgan fingerprint density at radius 1 is 1.53 bits per heavy atom. The maximum atomic E-state index is 13.4. The van der Waals surface area contributed by atoms with E-state index >= 15 is 0 Å². The molecule has 0 amide bonds. The fourth-order valence-corrected chi connectivity index (χ4v) is 1.55. The largest absolute Gasteiger partial charge is 0.478 e. The second-order valence-electron chi connectivity index (χ2n) is 3.91. The highest BCUT2D eigenvalue weighted by Crippen LogP contribution is 2.14. The molecular formula is C12H12FN3O3. The number of rotatable bonds is 5. The molecule has 0 aliphatic heterocycles.